The number of aliphatic hydroxyl groups is 1. The molecule has 1 aromatic carbocycles. The summed E-state index contributed by atoms with van der Waals surface area (Å²) >= 11 is 0. The van der Waals surface area contributed by atoms with Crippen LogP contribution in [0.1, 0.15) is 45.2 Å². The molecule has 0 spiro atoms. The molecule has 236 valence electrons. The van der Waals surface area contributed by atoms with Gasteiger partial charge in [-0.05, 0) is 62.1 Å². The Morgan fingerprint density at radius 2 is 1.80 bits per heavy atom. The first-order valence-electron chi connectivity index (χ1n) is 15.4. The van der Waals surface area contributed by atoms with Crippen LogP contribution < -0.4 is 21.2 Å². The Balaban J connectivity index is 1.64. The maximum Gasteiger partial charge on any atom is 0.355 e. The first kappa shape index (κ1) is 30.6. The predicted molar refractivity (Wildman–Crippen MR) is 173 cm³/mol. The third-order valence-electron chi connectivity index (χ3n) is 8.49. The minimum absolute atomic E-state index is 0.0122. The highest BCUT2D eigenvalue weighted by atomic mass is 19.1. The lowest BCUT2D eigenvalue weighted by Crippen LogP contribution is -2.55. The van der Waals surface area contributed by atoms with Crippen LogP contribution in [0.2, 0.25) is 0 Å². The van der Waals surface area contributed by atoms with Crippen LogP contribution in [0.25, 0.3) is 28.0 Å². The van der Waals surface area contributed by atoms with Crippen LogP contribution in [0.4, 0.5) is 26.0 Å². The highest BCUT2D eigenvalue weighted by molar-refractivity contribution is 5.90. The standard InChI is InChI=1S/C33H38F2N8O2/c1-5-28(44)41-12-13-42(20(4)18-41)31-24-16-26(35)30-23-14-21(8-9-25(23)34)36-10-6-7-11-37-22-15-27(29(19(2)3)38-17-22)43(32(24)39-30)33(45)40-31/h5,8-9,14-17,19-20,28,36-37,44H,1,6-7,10-13,18H2,2-4H3/t20-,28?/m0/s1. The largest absolute Gasteiger partial charge is 0.385 e. The minimum atomic E-state index is -0.808. The van der Waals surface area contributed by atoms with E-state index in [0.29, 0.717) is 55.2 Å². The molecule has 0 radical (unpaired) electrons. The van der Waals surface area contributed by atoms with Crippen LogP contribution in [0.15, 0.2) is 54.0 Å². The Hall–Kier alpha value is -4.42. The Morgan fingerprint density at radius 3 is 2.51 bits per heavy atom. The van der Waals surface area contributed by atoms with Gasteiger partial charge in [0.2, 0.25) is 0 Å². The molecule has 3 N–H and O–H groups in total. The third-order valence-corrected chi connectivity index (χ3v) is 8.49. The first-order valence-corrected chi connectivity index (χ1v) is 15.4. The molecule has 3 aromatic heterocycles. The van der Waals surface area contributed by atoms with Gasteiger partial charge in [-0.3, -0.25) is 9.88 Å². The average Bonchev–Trinajstić information content (AvgIpc) is 3.02. The highest BCUT2D eigenvalue weighted by Crippen LogP contribution is 2.34. The molecule has 2 aliphatic heterocycles. The average molecular weight is 617 g/mol. The van der Waals surface area contributed by atoms with Gasteiger partial charge in [0.25, 0.3) is 0 Å². The van der Waals surface area contributed by atoms with Crippen LogP contribution in [0.5, 0.6) is 0 Å². The molecule has 1 saturated heterocycles. The van der Waals surface area contributed by atoms with Crippen LogP contribution in [0.3, 0.4) is 0 Å². The van der Waals surface area contributed by atoms with E-state index in [4.69, 9.17) is 9.97 Å². The summed E-state index contributed by atoms with van der Waals surface area (Å²) < 4.78 is 32.8. The van der Waals surface area contributed by atoms with Crippen molar-refractivity contribution in [2.75, 3.05) is 48.3 Å². The van der Waals surface area contributed by atoms with Crippen molar-refractivity contribution in [3.05, 3.63) is 77.0 Å². The fraction of sp³-hybridized carbons (Fsp3) is 0.394. The molecule has 6 rings (SSSR count). The summed E-state index contributed by atoms with van der Waals surface area (Å²) in [5.74, 6) is -1.15. The number of hydrogen-bond donors (Lipinski definition) is 3. The van der Waals surface area contributed by atoms with E-state index in [9.17, 15) is 9.90 Å². The molecule has 4 aromatic rings. The van der Waals surface area contributed by atoms with E-state index in [2.05, 4.69) is 22.2 Å². The van der Waals surface area contributed by atoms with Gasteiger partial charge in [-0.1, -0.05) is 20.4 Å². The van der Waals surface area contributed by atoms with Crippen molar-refractivity contribution in [2.24, 2.45) is 0 Å². The molecule has 6 bridgehead atoms. The topological polar surface area (TPSA) is 111 Å². The number of pyridine rings is 2. The maximum atomic E-state index is 16.1. The fourth-order valence-corrected chi connectivity index (χ4v) is 6.14. The van der Waals surface area contributed by atoms with Crippen molar-refractivity contribution in [2.45, 2.75) is 51.8 Å². The molecule has 2 atom stereocenters. The summed E-state index contributed by atoms with van der Waals surface area (Å²) in [5.41, 5.74) is 1.81. The van der Waals surface area contributed by atoms with Crippen LogP contribution >= 0.6 is 0 Å². The van der Waals surface area contributed by atoms with Crippen molar-refractivity contribution >= 4 is 28.2 Å². The highest BCUT2D eigenvalue weighted by Gasteiger charge is 2.31. The van der Waals surface area contributed by atoms with Gasteiger partial charge in [0.05, 0.1) is 28.7 Å². The van der Waals surface area contributed by atoms with Gasteiger partial charge in [-0.25, -0.2) is 23.1 Å². The lowest BCUT2D eigenvalue weighted by Gasteiger charge is -2.42. The molecule has 12 heteroatoms. The molecule has 0 saturated carbocycles. The van der Waals surface area contributed by atoms with Crippen molar-refractivity contribution in [1.29, 1.82) is 0 Å². The van der Waals surface area contributed by atoms with Crippen LogP contribution in [-0.4, -0.2) is 74.5 Å². The second-order valence-electron chi connectivity index (χ2n) is 12.0. The maximum absolute atomic E-state index is 16.1. The number of halogens is 2. The van der Waals surface area contributed by atoms with Gasteiger partial charge in [-0.15, -0.1) is 0 Å². The zero-order valence-electron chi connectivity index (χ0n) is 25.7. The summed E-state index contributed by atoms with van der Waals surface area (Å²) in [6.45, 7) is 12.3. The minimum Gasteiger partial charge on any atom is -0.385 e. The number of rotatable bonds is 4. The number of nitrogens with zero attached hydrogens (tertiary/aromatic N) is 6. The first-order chi connectivity index (χ1) is 21.7. The zero-order chi connectivity index (χ0) is 31.8. The van der Waals surface area contributed by atoms with E-state index in [1.165, 1.54) is 22.8 Å². The Morgan fingerprint density at radius 1 is 1.04 bits per heavy atom. The van der Waals surface area contributed by atoms with Gasteiger partial charge in [0.1, 0.15) is 29.4 Å². The van der Waals surface area contributed by atoms with E-state index in [1.807, 2.05) is 36.6 Å². The lowest BCUT2D eigenvalue weighted by molar-refractivity contribution is 0.0296. The number of hydrogen-bond acceptors (Lipinski definition) is 9. The Bertz CT molecular complexity index is 1810. The van der Waals surface area contributed by atoms with E-state index >= 15 is 8.78 Å². The van der Waals surface area contributed by atoms with Gasteiger partial charge in [0.15, 0.2) is 5.65 Å². The molecule has 10 nitrogen and oxygen atoms in total. The van der Waals surface area contributed by atoms with Crippen molar-refractivity contribution in [3.8, 4) is 16.9 Å². The summed E-state index contributed by atoms with van der Waals surface area (Å²) in [7, 11) is 0. The Labute approximate surface area is 260 Å². The molecule has 0 aliphatic carbocycles. The number of fused-ring (bicyclic) bond motifs is 7. The summed E-state index contributed by atoms with van der Waals surface area (Å²) in [5, 5.41) is 17.3. The molecule has 45 heavy (non-hydrogen) atoms. The number of anilines is 3. The van der Waals surface area contributed by atoms with Crippen LogP contribution in [0, 0.1) is 11.6 Å². The molecule has 1 fully saturated rings. The fourth-order valence-electron chi connectivity index (χ4n) is 6.14. The lowest BCUT2D eigenvalue weighted by atomic mass is 10.1. The van der Waals surface area contributed by atoms with Crippen molar-refractivity contribution in [3.63, 3.8) is 0 Å². The number of aromatic nitrogens is 4. The van der Waals surface area contributed by atoms with Gasteiger partial charge < -0.3 is 20.6 Å². The SMILES string of the molecule is C=CC(O)N1CCN(c2nc(=O)n3c4nc(c(F)cc24)-c2cc(ccc2F)NCCCCNc2cnc(C(C)C)c-3c2)[C@@H](C)C1. The number of nitrogens with one attached hydrogen (secondary N) is 2. The van der Waals surface area contributed by atoms with Crippen molar-refractivity contribution in [1.82, 2.24) is 24.4 Å². The summed E-state index contributed by atoms with van der Waals surface area (Å²) in [6.07, 6.45) is 4.10. The molecular weight excluding hydrogens is 578 g/mol. The number of piperazine rings is 1. The van der Waals surface area contributed by atoms with Crippen LogP contribution in [-0.2, 0) is 0 Å². The molecule has 1 unspecified atom stereocenters. The van der Waals surface area contributed by atoms with E-state index in [0.717, 1.165) is 18.5 Å². The summed E-state index contributed by atoms with van der Waals surface area (Å²) in [4.78, 5) is 31.9. The van der Waals surface area contributed by atoms with Crippen molar-refractivity contribution < 1.29 is 13.9 Å². The number of benzene rings is 1. The van der Waals surface area contributed by atoms with Gasteiger partial charge in [0, 0.05) is 50.0 Å². The molecular formula is C33H38F2N8O2. The normalized spacial score (nSPS) is 18.1. The Kier molecular flexibility index (Phi) is 8.52. The number of aliphatic hydroxyl groups excluding tert-OH is 1. The van der Waals surface area contributed by atoms with E-state index in [1.54, 1.807) is 18.3 Å². The quantitative estimate of drug-likeness (QED) is 0.277. The molecule has 0 amide bonds. The van der Waals surface area contributed by atoms with Gasteiger partial charge in [-0.2, -0.15) is 4.98 Å². The second-order valence-corrected chi connectivity index (χ2v) is 12.0. The smallest absolute Gasteiger partial charge is 0.355 e. The second kappa shape index (κ2) is 12.5. The molecule has 2 aliphatic rings. The van der Waals surface area contributed by atoms with E-state index in [-0.39, 0.29) is 34.7 Å². The predicted octanol–water partition coefficient (Wildman–Crippen LogP) is 4.88. The van der Waals surface area contributed by atoms with Gasteiger partial charge >= 0.3 is 5.69 Å². The van der Waals surface area contributed by atoms with E-state index < -0.39 is 23.6 Å². The zero-order valence-corrected chi connectivity index (χ0v) is 25.7. The third kappa shape index (κ3) is 5.87. The molecule has 5 heterocycles. The monoisotopic (exact) mass is 616 g/mol. The summed E-state index contributed by atoms with van der Waals surface area (Å²) in [6, 6.07) is 7.41.